The van der Waals surface area contributed by atoms with Crippen molar-refractivity contribution in [3.63, 3.8) is 0 Å². The maximum atomic E-state index is 13.6. The molecule has 100 valence electrons. The lowest BCUT2D eigenvalue weighted by Crippen LogP contribution is -2.29. The maximum Gasteiger partial charge on any atom is 0.126 e. The molecule has 4 heteroatoms. The molecule has 1 aliphatic heterocycles. The normalized spacial score (nSPS) is 20.6. The van der Waals surface area contributed by atoms with Crippen LogP contribution in [0.4, 0.5) is 4.39 Å². The van der Waals surface area contributed by atoms with Gasteiger partial charge in [-0.05, 0) is 56.0 Å². The molecule has 2 rings (SSSR count). The zero-order valence-electron chi connectivity index (χ0n) is 10.6. The highest BCUT2D eigenvalue weighted by Crippen LogP contribution is 2.26. The molecule has 1 unspecified atom stereocenters. The van der Waals surface area contributed by atoms with Gasteiger partial charge in [-0.2, -0.15) is 0 Å². The lowest BCUT2D eigenvalue weighted by molar-refractivity contribution is 0.189. The van der Waals surface area contributed by atoms with E-state index in [-0.39, 0.29) is 12.4 Å². The number of aliphatic hydroxyl groups excluding tert-OH is 1. The fourth-order valence-electron chi connectivity index (χ4n) is 2.61. The highest BCUT2D eigenvalue weighted by Gasteiger charge is 2.24. The molecule has 0 radical (unpaired) electrons. The van der Waals surface area contributed by atoms with Crippen molar-refractivity contribution in [2.75, 3.05) is 13.2 Å². The van der Waals surface area contributed by atoms with Gasteiger partial charge in [-0.1, -0.05) is 11.6 Å². The van der Waals surface area contributed by atoms with Crippen molar-refractivity contribution in [1.29, 1.82) is 0 Å². The Morgan fingerprint density at radius 2 is 2.28 bits per heavy atom. The van der Waals surface area contributed by atoms with E-state index in [9.17, 15) is 4.39 Å². The van der Waals surface area contributed by atoms with Gasteiger partial charge in [0.05, 0.1) is 0 Å². The summed E-state index contributed by atoms with van der Waals surface area (Å²) in [5, 5.41) is 9.66. The largest absolute Gasteiger partial charge is 0.396 e. The number of benzene rings is 1. The molecular formula is C14H19ClFNO. The molecule has 0 bridgehead atoms. The van der Waals surface area contributed by atoms with Crippen molar-refractivity contribution in [2.24, 2.45) is 0 Å². The van der Waals surface area contributed by atoms with Crippen molar-refractivity contribution in [1.82, 2.24) is 4.90 Å². The van der Waals surface area contributed by atoms with Crippen LogP contribution in [0.5, 0.6) is 0 Å². The minimum absolute atomic E-state index is 0.202. The summed E-state index contributed by atoms with van der Waals surface area (Å²) in [6.45, 7) is 3.59. The topological polar surface area (TPSA) is 23.5 Å². The number of nitrogens with zero attached hydrogens (tertiary/aromatic N) is 1. The number of rotatable bonds is 4. The van der Waals surface area contributed by atoms with Gasteiger partial charge in [0.1, 0.15) is 5.82 Å². The highest BCUT2D eigenvalue weighted by atomic mass is 35.5. The standard InChI is InChI=1S/C14H19ClFNO/c1-10-7-13(15)11(8-14(10)16)9-17-5-2-3-12(17)4-6-18/h7-8,12,18H,2-6,9H2,1H3. The van der Waals surface area contributed by atoms with E-state index >= 15 is 0 Å². The van der Waals surface area contributed by atoms with Gasteiger partial charge in [0, 0.05) is 24.2 Å². The van der Waals surface area contributed by atoms with Crippen molar-refractivity contribution >= 4 is 11.6 Å². The summed E-state index contributed by atoms with van der Waals surface area (Å²) in [4.78, 5) is 2.28. The molecule has 1 aromatic rings. The number of likely N-dealkylation sites (tertiary alicyclic amines) is 1. The summed E-state index contributed by atoms with van der Waals surface area (Å²) >= 11 is 6.16. The Labute approximate surface area is 112 Å². The second-order valence-electron chi connectivity index (χ2n) is 4.97. The molecule has 0 saturated carbocycles. The van der Waals surface area contributed by atoms with E-state index in [0.717, 1.165) is 31.4 Å². The van der Waals surface area contributed by atoms with Crippen LogP contribution in [0.3, 0.4) is 0 Å². The van der Waals surface area contributed by atoms with Crippen LogP contribution in [-0.2, 0) is 6.54 Å². The zero-order chi connectivity index (χ0) is 13.1. The maximum absolute atomic E-state index is 13.6. The van der Waals surface area contributed by atoms with Crippen LogP contribution in [0.1, 0.15) is 30.4 Å². The van der Waals surface area contributed by atoms with Crippen LogP contribution >= 0.6 is 11.6 Å². The third-order valence-corrected chi connectivity index (χ3v) is 4.01. The number of hydrogen-bond donors (Lipinski definition) is 1. The zero-order valence-corrected chi connectivity index (χ0v) is 11.4. The SMILES string of the molecule is Cc1cc(Cl)c(CN2CCCC2CCO)cc1F. The molecule has 1 heterocycles. The molecule has 0 spiro atoms. The second-order valence-corrected chi connectivity index (χ2v) is 5.38. The van der Waals surface area contributed by atoms with Crippen LogP contribution in [0.25, 0.3) is 0 Å². The molecule has 1 aromatic carbocycles. The molecule has 1 N–H and O–H groups in total. The third kappa shape index (κ3) is 3.02. The average molecular weight is 272 g/mol. The minimum atomic E-state index is -0.202. The van der Waals surface area contributed by atoms with Gasteiger partial charge in [0.25, 0.3) is 0 Å². The molecule has 1 aliphatic rings. The number of aryl methyl sites for hydroxylation is 1. The average Bonchev–Trinajstić information content (AvgIpc) is 2.74. The predicted molar refractivity (Wildman–Crippen MR) is 71.3 cm³/mol. The second kappa shape index (κ2) is 6.00. The van der Waals surface area contributed by atoms with Gasteiger partial charge < -0.3 is 5.11 Å². The lowest BCUT2D eigenvalue weighted by atomic mass is 10.1. The van der Waals surface area contributed by atoms with Crippen LogP contribution in [0.15, 0.2) is 12.1 Å². The van der Waals surface area contributed by atoms with Crippen LogP contribution in [0.2, 0.25) is 5.02 Å². The minimum Gasteiger partial charge on any atom is -0.396 e. The molecule has 0 aliphatic carbocycles. The summed E-state index contributed by atoms with van der Waals surface area (Å²) in [6, 6.07) is 3.62. The molecule has 2 nitrogen and oxygen atoms in total. The predicted octanol–water partition coefficient (Wildman–Crippen LogP) is 3.13. The summed E-state index contributed by atoms with van der Waals surface area (Å²) in [7, 11) is 0. The number of hydrogen-bond acceptors (Lipinski definition) is 2. The summed E-state index contributed by atoms with van der Waals surface area (Å²) in [5.74, 6) is -0.202. The van der Waals surface area contributed by atoms with Gasteiger partial charge in [-0.3, -0.25) is 4.90 Å². The van der Waals surface area contributed by atoms with Crippen molar-refractivity contribution in [3.05, 3.63) is 34.1 Å². The van der Waals surface area contributed by atoms with E-state index in [2.05, 4.69) is 4.90 Å². The first kappa shape index (κ1) is 13.8. The molecule has 1 atom stereocenters. The van der Waals surface area contributed by atoms with Gasteiger partial charge in [0.15, 0.2) is 0 Å². The van der Waals surface area contributed by atoms with Gasteiger partial charge in [0.2, 0.25) is 0 Å². The summed E-state index contributed by atoms with van der Waals surface area (Å²) in [6.07, 6.45) is 3.02. The molecule has 1 saturated heterocycles. The van der Waals surface area contributed by atoms with E-state index in [0.29, 0.717) is 23.2 Å². The Bertz CT molecular complexity index is 425. The van der Waals surface area contributed by atoms with Crippen molar-refractivity contribution in [2.45, 2.75) is 38.8 Å². The molecule has 1 fully saturated rings. The fourth-order valence-corrected chi connectivity index (χ4v) is 2.88. The van der Waals surface area contributed by atoms with Crippen LogP contribution in [0, 0.1) is 12.7 Å². The van der Waals surface area contributed by atoms with E-state index in [4.69, 9.17) is 16.7 Å². The van der Waals surface area contributed by atoms with Gasteiger partial charge >= 0.3 is 0 Å². The number of aliphatic hydroxyl groups is 1. The Kier molecular flexibility index (Phi) is 4.60. The number of halogens is 2. The Balaban J connectivity index is 2.11. The first-order chi connectivity index (χ1) is 8.61. The quantitative estimate of drug-likeness (QED) is 0.909. The van der Waals surface area contributed by atoms with Crippen molar-refractivity contribution < 1.29 is 9.50 Å². The Morgan fingerprint density at radius 1 is 1.50 bits per heavy atom. The lowest BCUT2D eigenvalue weighted by Gasteiger charge is -2.24. The van der Waals surface area contributed by atoms with Gasteiger partial charge in [-0.25, -0.2) is 4.39 Å². The van der Waals surface area contributed by atoms with Gasteiger partial charge in [-0.15, -0.1) is 0 Å². The van der Waals surface area contributed by atoms with E-state index in [1.54, 1.807) is 13.0 Å². The molecule has 0 amide bonds. The monoisotopic (exact) mass is 271 g/mol. The van der Waals surface area contributed by atoms with Crippen LogP contribution in [-0.4, -0.2) is 29.2 Å². The molecular weight excluding hydrogens is 253 g/mol. The first-order valence-corrected chi connectivity index (χ1v) is 6.79. The van der Waals surface area contributed by atoms with E-state index in [1.807, 2.05) is 0 Å². The molecule has 0 aromatic heterocycles. The fraction of sp³-hybridized carbons (Fsp3) is 0.571. The Morgan fingerprint density at radius 3 is 3.00 bits per heavy atom. The summed E-state index contributed by atoms with van der Waals surface area (Å²) < 4.78 is 13.6. The Hall–Kier alpha value is -0.640. The first-order valence-electron chi connectivity index (χ1n) is 6.41. The van der Waals surface area contributed by atoms with E-state index < -0.39 is 0 Å². The molecule has 18 heavy (non-hydrogen) atoms. The summed E-state index contributed by atoms with van der Waals surface area (Å²) in [5.41, 5.74) is 1.42. The van der Waals surface area contributed by atoms with E-state index in [1.165, 1.54) is 6.07 Å². The third-order valence-electron chi connectivity index (χ3n) is 3.66. The highest BCUT2D eigenvalue weighted by molar-refractivity contribution is 6.31. The van der Waals surface area contributed by atoms with Crippen LogP contribution < -0.4 is 0 Å². The smallest absolute Gasteiger partial charge is 0.126 e. The van der Waals surface area contributed by atoms with Crippen molar-refractivity contribution in [3.8, 4) is 0 Å².